The van der Waals surface area contributed by atoms with Crippen LogP contribution in [-0.4, -0.2) is 25.6 Å². The van der Waals surface area contributed by atoms with Crippen molar-refractivity contribution < 1.29 is 9.90 Å². The molecule has 0 fully saturated rings. The zero-order valence-electron chi connectivity index (χ0n) is 11.2. The van der Waals surface area contributed by atoms with Crippen LogP contribution in [0.1, 0.15) is 15.9 Å². The number of fused-ring (bicyclic) bond motifs is 1. The number of aromatic nitrogens is 3. The van der Waals surface area contributed by atoms with Crippen LogP contribution in [0.5, 0.6) is 0 Å². The number of rotatable bonds is 2. The maximum Gasteiger partial charge on any atom is 0.338 e. The van der Waals surface area contributed by atoms with Gasteiger partial charge in [0.1, 0.15) is 12.0 Å². The molecule has 0 spiro atoms. The molecule has 2 heterocycles. The van der Waals surface area contributed by atoms with Crippen molar-refractivity contribution in [2.75, 3.05) is 0 Å². The fourth-order valence-electron chi connectivity index (χ4n) is 2.42. The molecule has 0 unspecified atom stereocenters. The van der Waals surface area contributed by atoms with E-state index in [0.29, 0.717) is 16.7 Å². The lowest BCUT2D eigenvalue weighted by Crippen LogP contribution is -1.97. The zero-order valence-corrected chi connectivity index (χ0v) is 11.2. The predicted molar refractivity (Wildman–Crippen MR) is 75.6 cm³/mol. The van der Waals surface area contributed by atoms with Crippen LogP contribution in [0.3, 0.4) is 0 Å². The maximum atomic E-state index is 11.4. The van der Waals surface area contributed by atoms with Crippen molar-refractivity contribution in [2.24, 2.45) is 7.05 Å². The van der Waals surface area contributed by atoms with Crippen molar-refractivity contribution in [3.63, 3.8) is 0 Å². The molecule has 3 aromatic rings. The largest absolute Gasteiger partial charge is 0.478 e. The van der Waals surface area contributed by atoms with Crippen molar-refractivity contribution in [2.45, 2.75) is 6.92 Å². The van der Waals surface area contributed by atoms with E-state index in [0.717, 1.165) is 11.1 Å². The Bertz CT molecular complexity index is 821. The van der Waals surface area contributed by atoms with Crippen LogP contribution >= 0.6 is 0 Å². The van der Waals surface area contributed by atoms with Gasteiger partial charge in [0.15, 0.2) is 0 Å². The minimum absolute atomic E-state index is 0.223. The first-order chi connectivity index (χ1) is 9.59. The molecule has 0 aliphatic carbocycles. The summed E-state index contributed by atoms with van der Waals surface area (Å²) in [4.78, 5) is 19.9. The van der Waals surface area contributed by atoms with Gasteiger partial charge in [-0.2, -0.15) is 0 Å². The Hall–Kier alpha value is -2.69. The standard InChI is InChI=1S/C15H13N3O2/c1-9-5-3-4-6-10(9)13-12-11(15(19)20)7-18(2)14(12)17-8-16-13/h3-8H,1-2H3,(H,19,20). The fraction of sp³-hybridized carbons (Fsp3) is 0.133. The molecule has 100 valence electrons. The van der Waals surface area contributed by atoms with Gasteiger partial charge >= 0.3 is 5.97 Å². The molecule has 2 aromatic heterocycles. The van der Waals surface area contributed by atoms with Gasteiger partial charge in [0, 0.05) is 18.8 Å². The molecular formula is C15H13N3O2. The number of benzene rings is 1. The summed E-state index contributed by atoms with van der Waals surface area (Å²) < 4.78 is 1.71. The normalized spacial score (nSPS) is 10.9. The number of hydrogen-bond acceptors (Lipinski definition) is 3. The zero-order chi connectivity index (χ0) is 14.3. The third-order valence-electron chi connectivity index (χ3n) is 3.38. The highest BCUT2D eigenvalue weighted by Gasteiger charge is 2.19. The second-order valence-electron chi connectivity index (χ2n) is 4.69. The molecule has 0 atom stereocenters. The molecular weight excluding hydrogens is 254 g/mol. The van der Waals surface area contributed by atoms with Gasteiger partial charge in [-0.05, 0) is 12.5 Å². The highest BCUT2D eigenvalue weighted by Crippen LogP contribution is 2.30. The van der Waals surface area contributed by atoms with Gasteiger partial charge in [-0.15, -0.1) is 0 Å². The Morgan fingerprint density at radius 1 is 1.25 bits per heavy atom. The summed E-state index contributed by atoms with van der Waals surface area (Å²) in [6, 6.07) is 7.78. The van der Waals surface area contributed by atoms with E-state index < -0.39 is 5.97 Å². The van der Waals surface area contributed by atoms with Gasteiger partial charge in [-0.3, -0.25) is 0 Å². The molecule has 1 aromatic carbocycles. The number of carbonyl (C=O) groups is 1. The average Bonchev–Trinajstić information content (AvgIpc) is 2.77. The summed E-state index contributed by atoms with van der Waals surface area (Å²) in [5, 5.41) is 9.95. The molecule has 5 heteroatoms. The van der Waals surface area contributed by atoms with Crippen LogP contribution in [0.4, 0.5) is 0 Å². The van der Waals surface area contributed by atoms with E-state index in [2.05, 4.69) is 9.97 Å². The highest BCUT2D eigenvalue weighted by molar-refractivity contribution is 6.07. The second kappa shape index (κ2) is 4.45. The summed E-state index contributed by atoms with van der Waals surface area (Å²) in [7, 11) is 1.78. The predicted octanol–water partition coefficient (Wildman–Crippen LogP) is 2.64. The van der Waals surface area contributed by atoms with E-state index in [1.54, 1.807) is 17.8 Å². The summed E-state index contributed by atoms with van der Waals surface area (Å²) in [5.41, 5.74) is 3.48. The van der Waals surface area contributed by atoms with Gasteiger partial charge in [0.25, 0.3) is 0 Å². The summed E-state index contributed by atoms with van der Waals surface area (Å²) in [6.07, 6.45) is 3.04. The number of carboxylic acids is 1. The molecule has 20 heavy (non-hydrogen) atoms. The van der Waals surface area contributed by atoms with E-state index >= 15 is 0 Å². The number of nitrogens with zero attached hydrogens (tertiary/aromatic N) is 3. The van der Waals surface area contributed by atoms with Crippen molar-refractivity contribution in [3.05, 3.63) is 47.9 Å². The lowest BCUT2D eigenvalue weighted by atomic mass is 10.0. The molecule has 0 bridgehead atoms. The van der Waals surface area contributed by atoms with Crippen LogP contribution in [0.25, 0.3) is 22.3 Å². The first-order valence-electron chi connectivity index (χ1n) is 6.19. The first-order valence-corrected chi connectivity index (χ1v) is 6.19. The monoisotopic (exact) mass is 267 g/mol. The third-order valence-corrected chi connectivity index (χ3v) is 3.38. The molecule has 5 nitrogen and oxygen atoms in total. The van der Waals surface area contributed by atoms with Crippen molar-refractivity contribution in [1.82, 2.24) is 14.5 Å². The van der Waals surface area contributed by atoms with E-state index in [1.807, 2.05) is 31.2 Å². The quantitative estimate of drug-likeness (QED) is 0.775. The average molecular weight is 267 g/mol. The van der Waals surface area contributed by atoms with Crippen LogP contribution in [0.15, 0.2) is 36.8 Å². The molecule has 0 aliphatic rings. The molecule has 0 amide bonds. The van der Waals surface area contributed by atoms with E-state index in [9.17, 15) is 9.90 Å². The minimum atomic E-state index is -0.972. The smallest absolute Gasteiger partial charge is 0.338 e. The number of carboxylic acid groups (broad SMARTS) is 1. The SMILES string of the molecule is Cc1ccccc1-c1ncnc2c1c(C(=O)O)cn2C. The summed E-state index contributed by atoms with van der Waals surface area (Å²) in [6.45, 7) is 1.98. The second-order valence-corrected chi connectivity index (χ2v) is 4.69. The van der Waals surface area contributed by atoms with Gasteiger partial charge in [-0.25, -0.2) is 14.8 Å². The summed E-state index contributed by atoms with van der Waals surface area (Å²) in [5.74, 6) is -0.972. The van der Waals surface area contributed by atoms with Gasteiger partial charge in [0.2, 0.25) is 0 Å². The van der Waals surface area contributed by atoms with Crippen LogP contribution in [0.2, 0.25) is 0 Å². The molecule has 1 N–H and O–H groups in total. The van der Waals surface area contributed by atoms with Crippen LogP contribution < -0.4 is 0 Å². The number of hydrogen-bond donors (Lipinski definition) is 1. The minimum Gasteiger partial charge on any atom is -0.478 e. The topological polar surface area (TPSA) is 68.0 Å². The summed E-state index contributed by atoms with van der Waals surface area (Å²) >= 11 is 0. The van der Waals surface area contributed by atoms with Gasteiger partial charge in [0.05, 0.1) is 16.6 Å². The van der Waals surface area contributed by atoms with Crippen LogP contribution in [0, 0.1) is 6.92 Å². The van der Waals surface area contributed by atoms with E-state index in [1.165, 1.54) is 6.33 Å². The molecule has 0 saturated carbocycles. The van der Waals surface area contributed by atoms with Crippen molar-refractivity contribution in [1.29, 1.82) is 0 Å². The fourth-order valence-corrected chi connectivity index (χ4v) is 2.42. The molecule has 3 rings (SSSR count). The molecule has 0 saturated heterocycles. The lowest BCUT2D eigenvalue weighted by Gasteiger charge is -2.06. The number of aryl methyl sites for hydroxylation is 2. The maximum absolute atomic E-state index is 11.4. The van der Waals surface area contributed by atoms with E-state index in [-0.39, 0.29) is 5.56 Å². The lowest BCUT2D eigenvalue weighted by molar-refractivity contribution is 0.0699. The van der Waals surface area contributed by atoms with Crippen molar-refractivity contribution in [3.8, 4) is 11.3 Å². The highest BCUT2D eigenvalue weighted by atomic mass is 16.4. The Morgan fingerprint density at radius 2 is 2.00 bits per heavy atom. The molecule has 0 radical (unpaired) electrons. The third kappa shape index (κ3) is 1.75. The Morgan fingerprint density at radius 3 is 2.70 bits per heavy atom. The molecule has 0 aliphatic heterocycles. The Labute approximate surface area is 115 Å². The number of aromatic carboxylic acids is 1. The van der Waals surface area contributed by atoms with Gasteiger partial charge < -0.3 is 9.67 Å². The van der Waals surface area contributed by atoms with Crippen LogP contribution in [-0.2, 0) is 7.05 Å². The Balaban J connectivity index is 2.43. The van der Waals surface area contributed by atoms with Crippen molar-refractivity contribution >= 4 is 17.0 Å². The van der Waals surface area contributed by atoms with Gasteiger partial charge in [-0.1, -0.05) is 24.3 Å². The Kier molecular flexibility index (Phi) is 2.75. The van der Waals surface area contributed by atoms with E-state index in [4.69, 9.17) is 0 Å². The first kappa shape index (κ1) is 12.3.